The highest BCUT2D eigenvalue weighted by atomic mass is 79.9. The van der Waals surface area contributed by atoms with Crippen LogP contribution in [0.15, 0.2) is 41.0 Å². The predicted octanol–water partition coefficient (Wildman–Crippen LogP) is 3.73. The van der Waals surface area contributed by atoms with E-state index in [9.17, 15) is 4.79 Å². The second kappa shape index (κ2) is 5.38. The number of nitrogens with zero attached hydrogens (tertiary/aromatic N) is 3. The summed E-state index contributed by atoms with van der Waals surface area (Å²) in [6.45, 7) is 0. The molecule has 1 amide bonds. The lowest BCUT2D eigenvalue weighted by Crippen LogP contribution is -2.28. The summed E-state index contributed by atoms with van der Waals surface area (Å²) in [5.41, 5.74) is 1.94. The van der Waals surface area contributed by atoms with Crippen molar-refractivity contribution in [2.45, 2.75) is 18.9 Å². The molecule has 0 atom stereocenters. The molecule has 21 heavy (non-hydrogen) atoms. The molecule has 3 rings (SSSR count). The van der Waals surface area contributed by atoms with Crippen LogP contribution >= 0.6 is 15.9 Å². The number of hydrogen-bond donors (Lipinski definition) is 0. The smallest absolute Gasteiger partial charge is 0.274 e. The van der Waals surface area contributed by atoms with Gasteiger partial charge in [0.1, 0.15) is 5.69 Å². The maximum Gasteiger partial charge on any atom is 0.274 e. The van der Waals surface area contributed by atoms with Gasteiger partial charge in [-0.15, -0.1) is 0 Å². The van der Waals surface area contributed by atoms with Gasteiger partial charge in [0.15, 0.2) is 0 Å². The molecule has 0 aliphatic heterocycles. The van der Waals surface area contributed by atoms with E-state index in [1.807, 2.05) is 22.9 Å². The predicted molar refractivity (Wildman–Crippen MR) is 84.3 cm³/mol. The molecule has 1 aliphatic carbocycles. The molecule has 2 aromatic rings. The molecule has 5 heteroatoms. The number of hydrogen-bond acceptors (Lipinski definition) is 2. The van der Waals surface area contributed by atoms with Gasteiger partial charge in [0.05, 0.1) is 11.6 Å². The Morgan fingerprint density at radius 2 is 2.19 bits per heavy atom. The van der Waals surface area contributed by atoms with Crippen LogP contribution in [0.5, 0.6) is 0 Å². The second-order valence-electron chi connectivity index (χ2n) is 5.21. The molecule has 1 saturated carbocycles. The molecule has 1 aromatic heterocycles. The van der Waals surface area contributed by atoms with Gasteiger partial charge in [0.2, 0.25) is 0 Å². The number of halogens is 1. The number of anilines is 1. The Hall–Kier alpha value is -2.06. The highest BCUT2D eigenvalue weighted by Gasteiger charge is 2.29. The largest absolute Gasteiger partial charge is 0.339 e. The van der Waals surface area contributed by atoms with Crippen molar-refractivity contribution in [3.8, 4) is 6.07 Å². The molecule has 106 valence electrons. The van der Waals surface area contributed by atoms with Crippen molar-refractivity contribution in [1.29, 1.82) is 5.26 Å². The quantitative estimate of drug-likeness (QED) is 0.852. The topological polar surface area (TPSA) is 49.0 Å². The average Bonchev–Trinajstić information content (AvgIpc) is 3.28. The molecule has 1 fully saturated rings. The van der Waals surface area contributed by atoms with Crippen LogP contribution < -0.4 is 4.90 Å². The summed E-state index contributed by atoms with van der Waals surface area (Å²) in [7, 11) is 1.73. The van der Waals surface area contributed by atoms with E-state index in [-0.39, 0.29) is 5.91 Å². The van der Waals surface area contributed by atoms with Crippen molar-refractivity contribution in [1.82, 2.24) is 4.57 Å². The van der Waals surface area contributed by atoms with E-state index in [2.05, 4.69) is 22.0 Å². The van der Waals surface area contributed by atoms with Crippen molar-refractivity contribution in [2.24, 2.45) is 0 Å². The molecule has 4 nitrogen and oxygen atoms in total. The fourth-order valence-electron chi connectivity index (χ4n) is 2.34. The number of nitriles is 1. The van der Waals surface area contributed by atoms with Crippen molar-refractivity contribution < 1.29 is 4.79 Å². The van der Waals surface area contributed by atoms with Gasteiger partial charge in [-0.3, -0.25) is 4.79 Å². The minimum Gasteiger partial charge on any atom is -0.339 e. The van der Waals surface area contributed by atoms with Gasteiger partial charge >= 0.3 is 0 Å². The minimum absolute atomic E-state index is 0.0670. The Morgan fingerprint density at radius 3 is 2.86 bits per heavy atom. The highest BCUT2D eigenvalue weighted by Crippen LogP contribution is 2.38. The van der Waals surface area contributed by atoms with Gasteiger partial charge in [0.25, 0.3) is 5.91 Å². The Balaban J connectivity index is 1.92. The molecule has 0 bridgehead atoms. The number of benzene rings is 1. The van der Waals surface area contributed by atoms with Crippen LogP contribution in [0.3, 0.4) is 0 Å². The first-order valence-corrected chi connectivity index (χ1v) is 7.55. The van der Waals surface area contributed by atoms with Crippen molar-refractivity contribution >= 4 is 27.5 Å². The number of rotatable bonds is 3. The summed E-state index contributed by atoms with van der Waals surface area (Å²) in [5, 5.41) is 8.96. The summed E-state index contributed by atoms with van der Waals surface area (Å²) in [4.78, 5) is 14.3. The first kappa shape index (κ1) is 13.9. The SMILES string of the molecule is CN(C(=O)c1cc(Br)cn1C1CC1)c1cccc(C#N)c1. The van der Waals surface area contributed by atoms with Gasteiger partial charge in [-0.05, 0) is 53.0 Å². The van der Waals surface area contributed by atoms with E-state index in [0.717, 1.165) is 23.0 Å². The standard InChI is InChI=1S/C16H14BrN3O/c1-19(14-4-2-3-11(7-14)9-18)16(21)15-8-12(17)10-20(15)13-5-6-13/h2-4,7-8,10,13H,5-6H2,1H3. The summed E-state index contributed by atoms with van der Waals surface area (Å²) in [5.74, 6) is -0.0670. The summed E-state index contributed by atoms with van der Waals surface area (Å²) in [6.07, 6.45) is 4.20. The number of aromatic nitrogens is 1. The lowest BCUT2D eigenvalue weighted by molar-refractivity contribution is 0.0984. The van der Waals surface area contributed by atoms with E-state index in [0.29, 0.717) is 17.3 Å². The zero-order valence-electron chi connectivity index (χ0n) is 11.6. The molecular weight excluding hydrogens is 330 g/mol. The minimum atomic E-state index is -0.0670. The Bertz CT molecular complexity index is 740. The lowest BCUT2D eigenvalue weighted by Gasteiger charge is -2.18. The van der Waals surface area contributed by atoms with Gasteiger partial charge in [0, 0.05) is 29.4 Å². The monoisotopic (exact) mass is 343 g/mol. The fourth-order valence-corrected chi connectivity index (χ4v) is 2.78. The van der Waals surface area contributed by atoms with Crippen LogP contribution in [0.1, 0.15) is 34.9 Å². The van der Waals surface area contributed by atoms with Crippen LogP contribution in [-0.2, 0) is 0 Å². The lowest BCUT2D eigenvalue weighted by atomic mass is 10.2. The molecule has 1 heterocycles. The maximum absolute atomic E-state index is 12.7. The van der Waals surface area contributed by atoms with E-state index in [4.69, 9.17) is 5.26 Å². The first-order valence-electron chi connectivity index (χ1n) is 6.76. The Kier molecular flexibility index (Phi) is 3.56. The third-order valence-electron chi connectivity index (χ3n) is 3.64. The van der Waals surface area contributed by atoms with Crippen molar-refractivity contribution in [2.75, 3.05) is 11.9 Å². The van der Waals surface area contributed by atoms with Gasteiger partial charge < -0.3 is 9.47 Å². The number of carbonyl (C=O) groups excluding carboxylic acids is 1. The molecule has 1 aromatic carbocycles. The molecule has 0 saturated heterocycles. The molecular formula is C16H14BrN3O. The van der Waals surface area contributed by atoms with Gasteiger partial charge in [-0.2, -0.15) is 5.26 Å². The Labute approximate surface area is 131 Å². The normalized spacial score (nSPS) is 13.8. The van der Waals surface area contributed by atoms with E-state index in [1.165, 1.54) is 0 Å². The van der Waals surface area contributed by atoms with Crippen LogP contribution in [0, 0.1) is 11.3 Å². The first-order chi connectivity index (χ1) is 10.1. The summed E-state index contributed by atoms with van der Waals surface area (Å²) in [6, 6.07) is 11.4. The van der Waals surface area contributed by atoms with Crippen molar-refractivity contribution in [3.05, 3.63) is 52.3 Å². The van der Waals surface area contributed by atoms with E-state index < -0.39 is 0 Å². The zero-order chi connectivity index (χ0) is 15.0. The maximum atomic E-state index is 12.7. The average molecular weight is 344 g/mol. The summed E-state index contributed by atoms with van der Waals surface area (Å²) < 4.78 is 2.95. The van der Waals surface area contributed by atoms with E-state index in [1.54, 1.807) is 30.1 Å². The van der Waals surface area contributed by atoms with Gasteiger partial charge in [-0.1, -0.05) is 6.07 Å². The van der Waals surface area contributed by atoms with Crippen LogP contribution in [-0.4, -0.2) is 17.5 Å². The summed E-state index contributed by atoms with van der Waals surface area (Å²) >= 11 is 3.44. The fraction of sp³-hybridized carbons (Fsp3) is 0.250. The molecule has 1 aliphatic rings. The van der Waals surface area contributed by atoms with Crippen LogP contribution in [0.25, 0.3) is 0 Å². The molecule has 0 radical (unpaired) electrons. The van der Waals surface area contributed by atoms with Gasteiger partial charge in [-0.25, -0.2) is 0 Å². The second-order valence-corrected chi connectivity index (χ2v) is 6.12. The van der Waals surface area contributed by atoms with Crippen molar-refractivity contribution in [3.63, 3.8) is 0 Å². The molecule has 0 N–H and O–H groups in total. The number of carbonyl (C=O) groups is 1. The molecule has 0 unspecified atom stereocenters. The van der Waals surface area contributed by atoms with Crippen LogP contribution in [0.4, 0.5) is 5.69 Å². The Morgan fingerprint density at radius 1 is 1.43 bits per heavy atom. The van der Waals surface area contributed by atoms with Crippen LogP contribution in [0.2, 0.25) is 0 Å². The molecule has 0 spiro atoms. The third-order valence-corrected chi connectivity index (χ3v) is 4.08. The zero-order valence-corrected chi connectivity index (χ0v) is 13.2. The highest BCUT2D eigenvalue weighted by molar-refractivity contribution is 9.10. The van der Waals surface area contributed by atoms with E-state index >= 15 is 0 Å². The third kappa shape index (κ3) is 2.72. The number of amides is 1.